The van der Waals surface area contributed by atoms with Crippen LogP contribution in [0.15, 0.2) is 18.2 Å². The number of anilines is 1. The van der Waals surface area contributed by atoms with E-state index in [4.69, 9.17) is 9.47 Å². The molecule has 1 heterocycles. The van der Waals surface area contributed by atoms with Crippen molar-refractivity contribution in [3.8, 4) is 11.5 Å². The van der Waals surface area contributed by atoms with E-state index in [1.165, 1.54) is 12.8 Å². The van der Waals surface area contributed by atoms with Crippen molar-refractivity contribution in [2.45, 2.75) is 32.1 Å². The van der Waals surface area contributed by atoms with Crippen LogP contribution in [0.25, 0.3) is 0 Å². The van der Waals surface area contributed by atoms with Gasteiger partial charge in [0, 0.05) is 24.8 Å². The lowest BCUT2D eigenvalue weighted by atomic mass is 10.2. The molecule has 1 saturated carbocycles. The van der Waals surface area contributed by atoms with Gasteiger partial charge < -0.3 is 19.7 Å². The van der Waals surface area contributed by atoms with E-state index < -0.39 is 0 Å². The smallest absolute Gasteiger partial charge is 0.228 e. The number of amides is 2. The lowest BCUT2D eigenvalue weighted by molar-refractivity contribution is -0.134. The summed E-state index contributed by atoms with van der Waals surface area (Å²) in [4.78, 5) is 27.0. The van der Waals surface area contributed by atoms with Gasteiger partial charge in [0.05, 0.1) is 26.1 Å². The molecule has 0 spiro atoms. The van der Waals surface area contributed by atoms with Crippen molar-refractivity contribution in [1.82, 2.24) is 4.90 Å². The van der Waals surface area contributed by atoms with Gasteiger partial charge in [-0.1, -0.05) is 12.8 Å². The van der Waals surface area contributed by atoms with Gasteiger partial charge in [-0.3, -0.25) is 9.59 Å². The number of rotatable bonds is 5. The van der Waals surface area contributed by atoms with Crippen LogP contribution in [0.3, 0.4) is 0 Å². The summed E-state index contributed by atoms with van der Waals surface area (Å²) in [6.07, 6.45) is 5.17. The first-order chi connectivity index (χ1) is 12.1. The second-order valence-corrected chi connectivity index (χ2v) is 6.75. The number of carbonyl (C=O) groups is 2. The molecular weight excluding hydrogens is 320 g/mol. The van der Waals surface area contributed by atoms with Gasteiger partial charge in [0.2, 0.25) is 11.8 Å². The van der Waals surface area contributed by atoms with Gasteiger partial charge in [0.1, 0.15) is 0 Å². The van der Waals surface area contributed by atoms with Crippen molar-refractivity contribution < 1.29 is 19.1 Å². The highest BCUT2D eigenvalue weighted by Crippen LogP contribution is 2.41. The average molecular weight is 346 g/mol. The van der Waals surface area contributed by atoms with Crippen LogP contribution in [0.4, 0.5) is 5.69 Å². The van der Waals surface area contributed by atoms with Gasteiger partial charge in [0.25, 0.3) is 0 Å². The Bertz CT molecular complexity index is 638. The molecule has 2 unspecified atom stereocenters. The number of methoxy groups -OCH3 is 2. The standard InChI is InChI=1S/C19H26N2O4/c1-24-16-8-7-13(11-17(16)25-2)20-18(22)14-12-15(14)19(23)21-9-5-3-4-6-10-21/h7-8,11,14-15H,3-6,9-10,12H2,1-2H3,(H,20,22). The minimum atomic E-state index is -0.219. The first-order valence-electron chi connectivity index (χ1n) is 8.95. The number of likely N-dealkylation sites (tertiary alicyclic amines) is 1. The zero-order valence-corrected chi connectivity index (χ0v) is 14.9. The third kappa shape index (κ3) is 4.06. The normalized spacial score (nSPS) is 22.7. The van der Waals surface area contributed by atoms with Gasteiger partial charge in [-0.2, -0.15) is 0 Å². The van der Waals surface area contributed by atoms with E-state index in [9.17, 15) is 9.59 Å². The largest absolute Gasteiger partial charge is 0.493 e. The first kappa shape index (κ1) is 17.6. The summed E-state index contributed by atoms with van der Waals surface area (Å²) in [5, 5.41) is 2.88. The molecule has 25 heavy (non-hydrogen) atoms. The minimum absolute atomic E-state index is 0.0969. The summed E-state index contributed by atoms with van der Waals surface area (Å²) < 4.78 is 10.4. The lowest BCUT2D eigenvalue weighted by Crippen LogP contribution is -2.34. The van der Waals surface area contributed by atoms with Crippen molar-refractivity contribution in [1.29, 1.82) is 0 Å². The van der Waals surface area contributed by atoms with Crippen molar-refractivity contribution >= 4 is 17.5 Å². The van der Waals surface area contributed by atoms with E-state index in [0.29, 0.717) is 23.6 Å². The maximum absolute atomic E-state index is 12.6. The van der Waals surface area contributed by atoms with Crippen LogP contribution in [-0.4, -0.2) is 44.0 Å². The highest BCUT2D eigenvalue weighted by Gasteiger charge is 2.49. The van der Waals surface area contributed by atoms with E-state index in [0.717, 1.165) is 25.9 Å². The maximum Gasteiger partial charge on any atom is 0.228 e. The van der Waals surface area contributed by atoms with Crippen LogP contribution < -0.4 is 14.8 Å². The summed E-state index contributed by atoms with van der Waals surface area (Å²) in [5.74, 6) is 0.853. The monoisotopic (exact) mass is 346 g/mol. The van der Waals surface area contributed by atoms with Crippen LogP contribution in [0.1, 0.15) is 32.1 Å². The topological polar surface area (TPSA) is 67.9 Å². The third-order valence-electron chi connectivity index (χ3n) is 5.01. The lowest BCUT2D eigenvalue weighted by Gasteiger charge is -2.20. The Balaban J connectivity index is 1.57. The van der Waals surface area contributed by atoms with E-state index in [1.807, 2.05) is 4.90 Å². The van der Waals surface area contributed by atoms with Crippen LogP contribution in [0, 0.1) is 11.8 Å². The molecule has 1 aliphatic carbocycles. The Morgan fingerprint density at radius 1 is 1.00 bits per heavy atom. The highest BCUT2D eigenvalue weighted by atomic mass is 16.5. The summed E-state index contributed by atoms with van der Waals surface area (Å²) in [5.41, 5.74) is 0.649. The number of benzene rings is 1. The maximum atomic E-state index is 12.6. The van der Waals surface area contributed by atoms with E-state index in [-0.39, 0.29) is 23.7 Å². The Labute approximate surface area is 148 Å². The Morgan fingerprint density at radius 3 is 2.32 bits per heavy atom. The van der Waals surface area contributed by atoms with E-state index in [1.54, 1.807) is 32.4 Å². The molecule has 6 heteroatoms. The molecule has 0 aromatic heterocycles. The zero-order valence-electron chi connectivity index (χ0n) is 14.9. The Hall–Kier alpha value is -2.24. The molecule has 0 radical (unpaired) electrons. The predicted molar refractivity (Wildman–Crippen MR) is 94.8 cm³/mol. The van der Waals surface area contributed by atoms with Crippen molar-refractivity contribution in [3.63, 3.8) is 0 Å². The van der Waals surface area contributed by atoms with E-state index >= 15 is 0 Å². The fourth-order valence-electron chi connectivity index (χ4n) is 3.43. The molecule has 3 rings (SSSR count). The number of carbonyl (C=O) groups excluding carboxylic acids is 2. The molecule has 2 amide bonds. The number of nitrogens with one attached hydrogen (secondary N) is 1. The number of nitrogens with zero attached hydrogens (tertiary/aromatic N) is 1. The molecule has 0 bridgehead atoms. The molecule has 1 N–H and O–H groups in total. The minimum Gasteiger partial charge on any atom is -0.493 e. The fraction of sp³-hybridized carbons (Fsp3) is 0.579. The predicted octanol–water partition coefficient (Wildman–Crippen LogP) is 2.68. The summed E-state index contributed by atoms with van der Waals surface area (Å²) in [6.45, 7) is 1.67. The number of ether oxygens (including phenoxy) is 2. The summed E-state index contributed by atoms with van der Waals surface area (Å²) in [7, 11) is 3.12. The van der Waals surface area contributed by atoms with Crippen molar-refractivity contribution in [3.05, 3.63) is 18.2 Å². The van der Waals surface area contributed by atoms with Crippen LogP contribution in [-0.2, 0) is 9.59 Å². The average Bonchev–Trinajstić information content (AvgIpc) is 3.44. The molecule has 2 fully saturated rings. The highest BCUT2D eigenvalue weighted by molar-refractivity contribution is 5.99. The number of hydrogen-bond acceptors (Lipinski definition) is 4. The number of hydrogen-bond donors (Lipinski definition) is 1. The molecule has 136 valence electrons. The van der Waals surface area contributed by atoms with Crippen LogP contribution in [0.5, 0.6) is 11.5 Å². The Kier molecular flexibility index (Phi) is 5.46. The first-order valence-corrected chi connectivity index (χ1v) is 8.95. The Morgan fingerprint density at radius 2 is 1.68 bits per heavy atom. The van der Waals surface area contributed by atoms with Gasteiger partial charge in [0.15, 0.2) is 11.5 Å². The molecule has 1 aliphatic heterocycles. The second-order valence-electron chi connectivity index (χ2n) is 6.75. The molecule has 2 aliphatic rings. The van der Waals surface area contributed by atoms with E-state index in [2.05, 4.69) is 5.32 Å². The molecule has 1 aromatic carbocycles. The van der Waals surface area contributed by atoms with Crippen molar-refractivity contribution in [2.75, 3.05) is 32.6 Å². The quantitative estimate of drug-likeness (QED) is 0.890. The molecule has 1 aromatic rings. The van der Waals surface area contributed by atoms with Crippen LogP contribution in [0.2, 0.25) is 0 Å². The summed E-state index contributed by atoms with van der Waals surface area (Å²) in [6, 6.07) is 5.25. The molecule has 1 saturated heterocycles. The third-order valence-corrected chi connectivity index (χ3v) is 5.01. The zero-order chi connectivity index (χ0) is 17.8. The van der Waals surface area contributed by atoms with Gasteiger partial charge in [-0.25, -0.2) is 0 Å². The van der Waals surface area contributed by atoms with Crippen LogP contribution >= 0.6 is 0 Å². The van der Waals surface area contributed by atoms with Gasteiger partial charge in [-0.15, -0.1) is 0 Å². The molecule has 2 atom stereocenters. The van der Waals surface area contributed by atoms with Gasteiger partial charge in [-0.05, 0) is 31.4 Å². The van der Waals surface area contributed by atoms with Crippen molar-refractivity contribution in [2.24, 2.45) is 11.8 Å². The molecule has 6 nitrogen and oxygen atoms in total. The fourth-order valence-corrected chi connectivity index (χ4v) is 3.43. The van der Waals surface area contributed by atoms with Gasteiger partial charge >= 0.3 is 0 Å². The molecular formula is C19H26N2O4. The second kappa shape index (κ2) is 7.76. The summed E-state index contributed by atoms with van der Waals surface area (Å²) >= 11 is 0. The SMILES string of the molecule is COc1ccc(NC(=O)C2CC2C(=O)N2CCCCCC2)cc1OC.